The van der Waals surface area contributed by atoms with E-state index in [9.17, 15) is 14.9 Å². The largest absolute Gasteiger partial charge is 0.360 e. The third-order valence-electron chi connectivity index (χ3n) is 3.37. The summed E-state index contributed by atoms with van der Waals surface area (Å²) in [7, 11) is 3.49. The molecule has 1 atom stereocenters. The maximum atomic E-state index is 12.1. The third kappa shape index (κ3) is 2.67. The number of anilines is 1. The van der Waals surface area contributed by atoms with Gasteiger partial charge in [0.15, 0.2) is 0 Å². The molecule has 1 aromatic carbocycles. The van der Waals surface area contributed by atoms with E-state index in [-0.39, 0.29) is 17.6 Å². The van der Waals surface area contributed by atoms with Crippen molar-refractivity contribution in [1.82, 2.24) is 4.90 Å². The lowest BCUT2D eigenvalue weighted by Gasteiger charge is -2.27. The van der Waals surface area contributed by atoms with Crippen molar-refractivity contribution in [2.24, 2.45) is 0 Å². The number of non-ortho nitro benzene ring substituents is 1. The Morgan fingerprint density at radius 1 is 1.37 bits per heavy atom. The Morgan fingerprint density at radius 2 is 2.00 bits per heavy atom. The van der Waals surface area contributed by atoms with Crippen LogP contribution in [0, 0.1) is 10.1 Å². The zero-order valence-corrected chi connectivity index (χ0v) is 11.1. The van der Waals surface area contributed by atoms with Crippen molar-refractivity contribution in [1.29, 1.82) is 0 Å². The van der Waals surface area contributed by atoms with Gasteiger partial charge in [0.25, 0.3) is 5.69 Å². The minimum absolute atomic E-state index is 0.0680. The number of likely N-dealkylation sites (N-methyl/N-ethyl adjacent to an activating group) is 1. The van der Waals surface area contributed by atoms with E-state index in [2.05, 4.69) is 0 Å². The van der Waals surface area contributed by atoms with E-state index in [4.69, 9.17) is 0 Å². The van der Waals surface area contributed by atoms with E-state index < -0.39 is 4.92 Å². The fourth-order valence-electron chi connectivity index (χ4n) is 2.40. The van der Waals surface area contributed by atoms with Crippen LogP contribution in [0.25, 0.3) is 0 Å². The summed E-state index contributed by atoms with van der Waals surface area (Å²) in [5.74, 6) is 0.0795. The molecule has 1 aromatic rings. The summed E-state index contributed by atoms with van der Waals surface area (Å²) in [5, 5.41) is 10.6. The quantitative estimate of drug-likeness (QED) is 0.614. The van der Waals surface area contributed by atoms with E-state index >= 15 is 0 Å². The molecule has 1 aliphatic heterocycles. The first-order valence-corrected chi connectivity index (χ1v) is 6.23. The second-order valence-corrected chi connectivity index (χ2v) is 4.86. The van der Waals surface area contributed by atoms with Gasteiger partial charge in [0.05, 0.1) is 4.92 Å². The summed E-state index contributed by atoms with van der Waals surface area (Å²) in [4.78, 5) is 25.9. The minimum Gasteiger partial charge on any atom is -0.360 e. The fraction of sp³-hybridized carbons (Fsp3) is 0.462. The Balaban J connectivity index is 2.20. The van der Waals surface area contributed by atoms with Gasteiger partial charge in [-0.25, -0.2) is 0 Å². The average Bonchev–Trinajstić information content (AvgIpc) is 2.86. The molecular formula is C13H17N3O3. The molecule has 0 aromatic heterocycles. The molecule has 0 N–H and O–H groups in total. The number of hydrogen-bond acceptors (Lipinski definition) is 4. The van der Waals surface area contributed by atoms with E-state index in [1.807, 2.05) is 4.90 Å². The lowest BCUT2D eigenvalue weighted by Crippen LogP contribution is -2.42. The molecule has 1 saturated heterocycles. The predicted octanol–water partition coefficient (Wildman–Crippen LogP) is 1.65. The van der Waals surface area contributed by atoms with Crippen molar-refractivity contribution in [3.8, 4) is 0 Å². The highest BCUT2D eigenvalue weighted by atomic mass is 16.6. The number of nitro benzene ring substituents is 1. The SMILES string of the molecule is CN(C)C(=O)C1CCCN1c1ccc([N+](=O)[O-])cc1. The minimum atomic E-state index is -0.420. The first-order valence-electron chi connectivity index (χ1n) is 6.23. The molecule has 1 unspecified atom stereocenters. The van der Waals surface area contributed by atoms with Crippen LogP contribution in [0.15, 0.2) is 24.3 Å². The molecule has 2 rings (SSSR count). The molecule has 0 saturated carbocycles. The van der Waals surface area contributed by atoms with Crippen molar-refractivity contribution in [3.63, 3.8) is 0 Å². The highest BCUT2D eigenvalue weighted by Crippen LogP contribution is 2.27. The number of nitro groups is 1. The molecule has 0 spiro atoms. The van der Waals surface area contributed by atoms with Crippen LogP contribution in [0.2, 0.25) is 0 Å². The van der Waals surface area contributed by atoms with E-state index in [1.165, 1.54) is 12.1 Å². The van der Waals surface area contributed by atoms with Gasteiger partial charge in [-0.15, -0.1) is 0 Å². The average molecular weight is 263 g/mol. The number of rotatable bonds is 3. The lowest BCUT2D eigenvalue weighted by atomic mass is 10.2. The van der Waals surface area contributed by atoms with Gasteiger partial charge in [-0.1, -0.05) is 0 Å². The molecule has 19 heavy (non-hydrogen) atoms. The Hall–Kier alpha value is -2.11. The van der Waals surface area contributed by atoms with Crippen molar-refractivity contribution in [2.45, 2.75) is 18.9 Å². The number of nitrogens with zero attached hydrogens (tertiary/aromatic N) is 3. The van der Waals surface area contributed by atoms with Gasteiger partial charge in [-0.2, -0.15) is 0 Å². The van der Waals surface area contributed by atoms with Gasteiger partial charge in [0.1, 0.15) is 6.04 Å². The van der Waals surface area contributed by atoms with Gasteiger partial charge in [-0.3, -0.25) is 14.9 Å². The molecule has 1 heterocycles. The zero-order valence-electron chi connectivity index (χ0n) is 11.1. The Labute approximate surface area is 111 Å². The number of hydrogen-bond donors (Lipinski definition) is 0. The Bertz CT molecular complexity index is 484. The van der Waals surface area contributed by atoms with E-state index in [0.29, 0.717) is 0 Å². The summed E-state index contributed by atoms with van der Waals surface area (Å²) in [6.45, 7) is 0.808. The highest BCUT2D eigenvalue weighted by Gasteiger charge is 2.31. The number of amides is 1. The molecule has 1 aliphatic rings. The number of benzene rings is 1. The first kappa shape index (κ1) is 13.3. The molecular weight excluding hydrogens is 246 g/mol. The van der Waals surface area contributed by atoms with Crippen molar-refractivity contribution in [3.05, 3.63) is 34.4 Å². The van der Waals surface area contributed by atoms with Crippen LogP contribution in [0.1, 0.15) is 12.8 Å². The molecule has 6 heteroatoms. The second-order valence-electron chi connectivity index (χ2n) is 4.86. The van der Waals surface area contributed by atoms with Crippen LogP contribution in [0.4, 0.5) is 11.4 Å². The molecule has 102 valence electrons. The first-order chi connectivity index (χ1) is 9.00. The van der Waals surface area contributed by atoms with Crippen LogP contribution < -0.4 is 4.90 Å². The summed E-state index contributed by atoms with van der Waals surface area (Å²) in [5.41, 5.74) is 0.932. The maximum absolute atomic E-state index is 12.1. The number of carbonyl (C=O) groups excluding carboxylic acids is 1. The smallest absolute Gasteiger partial charge is 0.269 e. The number of carbonyl (C=O) groups is 1. The van der Waals surface area contributed by atoms with Crippen LogP contribution in [0.5, 0.6) is 0 Å². The van der Waals surface area contributed by atoms with Crippen LogP contribution >= 0.6 is 0 Å². The Morgan fingerprint density at radius 3 is 2.53 bits per heavy atom. The van der Waals surface area contributed by atoms with Gasteiger partial charge in [0.2, 0.25) is 5.91 Å². The standard InChI is InChI=1S/C13H17N3O3/c1-14(2)13(17)12-4-3-9-15(12)10-5-7-11(8-6-10)16(18)19/h5-8,12H,3-4,9H2,1-2H3. The molecule has 1 amide bonds. The lowest BCUT2D eigenvalue weighted by molar-refractivity contribution is -0.384. The highest BCUT2D eigenvalue weighted by molar-refractivity contribution is 5.85. The molecule has 0 aliphatic carbocycles. The monoisotopic (exact) mass is 263 g/mol. The molecule has 0 radical (unpaired) electrons. The summed E-state index contributed by atoms with van der Waals surface area (Å²) in [6.07, 6.45) is 1.79. The third-order valence-corrected chi connectivity index (χ3v) is 3.37. The molecule has 6 nitrogen and oxygen atoms in total. The van der Waals surface area contributed by atoms with Gasteiger partial charge < -0.3 is 9.80 Å². The van der Waals surface area contributed by atoms with Crippen molar-refractivity contribution >= 4 is 17.3 Å². The van der Waals surface area contributed by atoms with Crippen LogP contribution in [-0.2, 0) is 4.79 Å². The topological polar surface area (TPSA) is 66.7 Å². The maximum Gasteiger partial charge on any atom is 0.269 e. The Kier molecular flexibility index (Phi) is 3.69. The molecule has 0 bridgehead atoms. The van der Waals surface area contributed by atoms with E-state index in [0.717, 1.165) is 25.1 Å². The fourth-order valence-corrected chi connectivity index (χ4v) is 2.40. The van der Waals surface area contributed by atoms with Gasteiger partial charge >= 0.3 is 0 Å². The zero-order chi connectivity index (χ0) is 14.0. The summed E-state index contributed by atoms with van der Waals surface area (Å²) in [6, 6.07) is 6.21. The van der Waals surface area contributed by atoms with Crippen molar-refractivity contribution < 1.29 is 9.72 Å². The summed E-state index contributed by atoms with van der Waals surface area (Å²) >= 11 is 0. The van der Waals surface area contributed by atoms with E-state index in [1.54, 1.807) is 31.1 Å². The van der Waals surface area contributed by atoms with Crippen molar-refractivity contribution in [2.75, 3.05) is 25.5 Å². The second kappa shape index (κ2) is 5.26. The van der Waals surface area contributed by atoms with Gasteiger partial charge in [-0.05, 0) is 25.0 Å². The molecule has 1 fully saturated rings. The predicted molar refractivity (Wildman–Crippen MR) is 72.2 cm³/mol. The van der Waals surface area contributed by atoms with Gasteiger partial charge in [0, 0.05) is 38.5 Å². The normalized spacial score (nSPS) is 18.4. The summed E-state index contributed by atoms with van der Waals surface area (Å²) < 4.78 is 0. The van der Waals surface area contributed by atoms with Crippen LogP contribution in [-0.4, -0.2) is 42.4 Å². The van der Waals surface area contributed by atoms with Crippen LogP contribution in [0.3, 0.4) is 0 Å².